The molecule has 130 valence electrons. The topological polar surface area (TPSA) is 64.3 Å². The molecule has 0 spiro atoms. The molecule has 3 aromatic rings. The number of aryl methyl sites for hydroxylation is 1. The van der Waals surface area contributed by atoms with Crippen LogP contribution in [0.3, 0.4) is 0 Å². The molecule has 0 unspecified atom stereocenters. The number of aromatic nitrogens is 2. The third-order valence-electron chi connectivity index (χ3n) is 3.87. The SMILES string of the molecule is CCCC[n+]1cn(/N=C/c2ccc([N+](=O)[O-])cc2)c2ccccc21.[I-]. The van der Waals surface area contributed by atoms with Crippen LogP contribution in [0.4, 0.5) is 5.69 Å². The van der Waals surface area contributed by atoms with E-state index in [1.54, 1.807) is 18.3 Å². The van der Waals surface area contributed by atoms with Crippen molar-refractivity contribution in [1.82, 2.24) is 4.68 Å². The number of imidazole rings is 1. The number of non-ortho nitro benzene ring substituents is 1. The summed E-state index contributed by atoms with van der Waals surface area (Å²) < 4.78 is 4.04. The summed E-state index contributed by atoms with van der Waals surface area (Å²) in [4.78, 5) is 10.3. The summed E-state index contributed by atoms with van der Waals surface area (Å²) in [5, 5.41) is 15.2. The third-order valence-corrected chi connectivity index (χ3v) is 3.87. The van der Waals surface area contributed by atoms with Crippen LogP contribution in [0.2, 0.25) is 0 Å². The lowest BCUT2D eigenvalue weighted by atomic mass is 10.2. The van der Waals surface area contributed by atoms with Crippen LogP contribution in [0.5, 0.6) is 0 Å². The zero-order valence-electron chi connectivity index (χ0n) is 13.9. The van der Waals surface area contributed by atoms with Gasteiger partial charge in [-0.3, -0.25) is 10.1 Å². The van der Waals surface area contributed by atoms with E-state index in [-0.39, 0.29) is 29.7 Å². The minimum Gasteiger partial charge on any atom is -1.00 e. The molecule has 25 heavy (non-hydrogen) atoms. The molecule has 0 saturated heterocycles. The number of nitro benzene ring substituents is 1. The molecule has 0 aliphatic heterocycles. The first-order valence-corrected chi connectivity index (χ1v) is 7.97. The molecule has 0 saturated carbocycles. The van der Waals surface area contributed by atoms with Crippen molar-refractivity contribution in [2.24, 2.45) is 5.10 Å². The lowest BCUT2D eigenvalue weighted by Gasteiger charge is -1.93. The Morgan fingerprint density at radius 3 is 2.60 bits per heavy atom. The zero-order valence-corrected chi connectivity index (χ0v) is 16.0. The second-order valence-electron chi connectivity index (χ2n) is 5.59. The zero-order chi connectivity index (χ0) is 16.9. The van der Waals surface area contributed by atoms with Crippen LogP contribution < -0.4 is 28.5 Å². The fraction of sp³-hybridized carbons (Fsp3) is 0.222. The number of para-hydroxylation sites is 2. The molecule has 2 aromatic carbocycles. The van der Waals surface area contributed by atoms with Crippen LogP contribution in [0.15, 0.2) is 60.0 Å². The van der Waals surface area contributed by atoms with Crippen LogP contribution in [0.1, 0.15) is 25.3 Å². The van der Waals surface area contributed by atoms with Gasteiger partial charge in [-0.05, 0) is 36.2 Å². The predicted molar refractivity (Wildman–Crippen MR) is 93.1 cm³/mol. The van der Waals surface area contributed by atoms with Crippen LogP contribution in [0.25, 0.3) is 11.0 Å². The molecule has 3 rings (SSSR count). The van der Waals surface area contributed by atoms with Gasteiger partial charge in [0.15, 0.2) is 5.52 Å². The van der Waals surface area contributed by atoms with Gasteiger partial charge in [-0.2, -0.15) is 0 Å². The minimum absolute atomic E-state index is 0. The van der Waals surface area contributed by atoms with E-state index in [1.807, 2.05) is 29.2 Å². The van der Waals surface area contributed by atoms with Crippen LogP contribution >= 0.6 is 0 Å². The van der Waals surface area contributed by atoms with Gasteiger partial charge in [0, 0.05) is 12.1 Å². The summed E-state index contributed by atoms with van der Waals surface area (Å²) in [6.07, 6.45) is 5.95. The summed E-state index contributed by atoms with van der Waals surface area (Å²) in [7, 11) is 0. The van der Waals surface area contributed by atoms with E-state index < -0.39 is 4.92 Å². The van der Waals surface area contributed by atoms with Gasteiger partial charge < -0.3 is 24.0 Å². The van der Waals surface area contributed by atoms with Gasteiger partial charge >= 0.3 is 0 Å². The standard InChI is InChI=1S/C18H19N4O2.HI/c1-2-3-12-20-14-21(18-7-5-4-6-17(18)20)19-13-15-8-10-16(11-9-15)22(23)24;/h4-11,13-14H,2-3,12H2,1H3;1H/q+1;/p-1/b19-13+;. The first-order chi connectivity index (χ1) is 11.7. The van der Waals surface area contributed by atoms with Crippen LogP contribution in [-0.4, -0.2) is 15.8 Å². The summed E-state index contributed by atoms with van der Waals surface area (Å²) in [5.41, 5.74) is 3.08. The molecule has 0 aliphatic carbocycles. The van der Waals surface area contributed by atoms with Gasteiger partial charge in [0.1, 0.15) is 0 Å². The Morgan fingerprint density at radius 2 is 1.92 bits per heavy atom. The maximum atomic E-state index is 10.7. The lowest BCUT2D eigenvalue weighted by Crippen LogP contribution is -3.00. The molecule has 6 nitrogen and oxygen atoms in total. The monoisotopic (exact) mass is 450 g/mol. The molecule has 0 atom stereocenters. The number of nitro groups is 1. The van der Waals surface area contributed by atoms with E-state index in [1.165, 1.54) is 12.1 Å². The number of benzene rings is 2. The molecule has 1 heterocycles. The van der Waals surface area contributed by atoms with Crippen LogP contribution in [0, 0.1) is 10.1 Å². The van der Waals surface area contributed by atoms with Gasteiger partial charge in [-0.15, -0.1) is 0 Å². The van der Waals surface area contributed by atoms with Crippen molar-refractivity contribution < 1.29 is 33.5 Å². The first-order valence-electron chi connectivity index (χ1n) is 7.97. The van der Waals surface area contributed by atoms with Crippen molar-refractivity contribution in [2.75, 3.05) is 0 Å². The highest BCUT2D eigenvalue weighted by atomic mass is 127. The highest BCUT2D eigenvalue weighted by molar-refractivity contribution is 5.80. The van der Waals surface area contributed by atoms with E-state index in [2.05, 4.69) is 22.7 Å². The molecule has 7 heteroatoms. The Bertz CT molecular complexity index is 888. The van der Waals surface area contributed by atoms with E-state index in [4.69, 9.17) is 0 Å². The highest BCUT2D eigenvalue weighted by Gasteiger charge is 2.14. The molecule has 0 radical (unpaired) electrons. The van der Waals surface area contributed by atoms with E-state index in [0.717, 1.165) is 36.0 Å². The Morgan fingerprint density at radius 1 is 1.20 bits per heavy atom. The Kier molecular flexibility index (Phi) is 6.63. The van der Waals surface area contributed by atoms with E-state index in [0.29, 0.717) is 0 Å². The summed E-state index contributed by atoms with van der Waals surface area (Å²) in [6, 6.07) is 14.5. The Balaban J connectivity index is 0.00000225. The van der Waals surface area contributed by atoms with Gasteiger partial charge in [0.05, 0.1) is 17.7 Å². The predicted octanol–water partition coefficient (Wildman–Crippen LogP) is 0.523. The van der Waals surface area contributed by atoms with Crippen molar-refractivity contribution in [3.63, 3.8) is 0 Å². The normalized spacial score (nSPS) is 10.9. The van der Waals surface area contributed by atoms with Crippen molar-refractivity contribution in [1.29, 1.82) is 0 Å². The van der Waals surface area contributed by atoms with Gasteiger partial charge in [0.2, 0.25) is 5.52 Å². The number of hydrogen-bond acceptors (Lipinski definition) is 3. The molecule has 0 amide bonds. The largest absolute Gasteiger partial charge is 1.00 e. The summed E-state index contributed by atoms with van der Waals surface area (Å²) >= 11 is 0. The second kappa shape index (κ2) is 8.70. The third kappa shape index (κ3) is 4.41. The molecule has 1 aromatic heterocycles. The van der Waals surface area contributed by atoms with Gasteiger partial charge in [-0.1, -0.05) is 35.3 Å². The lowest BCUT2D eigenvalue weighted by molar-refractivity contribution is -0.672. The second-order valence-corrected chi connectivity index (χ2v) is 5.59. The number of halogens is 1. The molecule has 0 fully saturated rings. The number of unbranched alkanes of at least 4 members (excludes halogenated alkanes) is 1. The molecule has 0 N–H and O–H groups in total. The average molecular weight is 450 g/mol. The fourth-order valence-corrected chi connectivity index (χ4v) is 2.57. The summed E-state index contributed by atoms with van der Waals surface area (Å²) in [5.74, 6) is 0. The van der Waals surface area contributed by atoms with E-state index in [9.17, 15) is 10.1 Å². The average Bonchev–Trinajstić information content (AvgIpc) is 2.96. The minimum atomic E-state index is -0.406. The van der Waals surface area contributed by atoms with Gasteiger partial charge in [0.25, 0.3) is 12.0 Å². The maximum absolute atomic E-state index is 10.7. The highest BCUT2D eigenvalue weighted by Crippen LogP contribution is 2.13. The quantitative estimate of drug-likeness (QED) is 0.181. The van der Waals surface area contributed by atoms with Gasteiger partial charge in [-0.25, -0.2) is 4.57 Å². The number of rotatable bonds is 6. The van der Waals surface area contributed by atoms with Crippen molar-refractivity contribution in [3.05, 3.63) is 70.5 Å². The summed E-state index contributed by atoms with van der Waals surface area (Å²) in [6.45, 7) is 3.13. The molecular weight excluding hydrogens is 431 g/mol. The smallest absolute Gasteiger partial charge is 0.270 e. The number of fused-ring (bicyclic) bond motifs is 1. The van der Waals surface area contributed by atoms with Crippen molar-refractivity contribution >= 4 is 22.9 Å². The Hall–Kier alpha value is -2.29. The number of hydrogen-bond donors (Lipinski definition) is 0. The Labute approximate surface area is 163 Å². The van der Waals surface area contributed by atoms with Crippen molar-refractivity contribution in [3.8, 4) is 0 Å². The fourth-order valence-electron chi connectivity index (χ4n) is 2.57. The molecule has 0 aliphatic rings. The molecular formula is C18H19IN4O2. The molecule has 0 bridgehead atoms. The maximum Gasteiger partial charge on any atom is 0.270 e. The first kappa shape index (κ1) is 19.0. The number of nitrogens with zero attached hydrogens (tertiary/aromatic N) is 4. The van der Waals surface area contributed by atoms with Crippen molar-refractivity contribution in [2.45, 2.75) is 26.3 Å². The van der Waals surface area contributed by atoms with E-state index >= 15 is 0 Å². The van der Waals surface area contributed by atoms with Crippen LogP contribution in [-0.2, 0) is 6.54 Å².